The number of aliphatic imine (C=N–C) groups is 1. The van der Waals surface area contributed by atoms with Crippen molar-refractivity contribution in [3.05, 3.63) is 0 Å². The van der Waals surface area contributed by atoms with Crippen molar-refractivity contribution in [2.45, 2.75) is 45.6 Å². The first kappa shape index (κ1) is 24.2. The fourth-order valence-corrected chi connectivity index (χ4v) is 3.85. The number of nitrogens with zero attached hydrogens (tertiary/aromatic N) is 4. The Bertz CT molecular complexity index is 588. The Morgan fingerprint density at radius 1 is 1.03 bits per heavy atom. The van der Waals surface area contributed by atoms with Gasteiger partial charge >= 0.3 is 6.09 Å². The summed E-state index contributed by atoms with van der Waals surface area (Å²) in [4.78, 5) is 34.6. The smallest absolute Gasteiger partial charge is 0.410 e. The number of hydrogen-bond donors (Lipinski definition) is 2. The van der Waals surface area contributed by atoms with Gasteiger partial charge in [0.15, 0.2) is 5.96 Å². The lowest BCUT2D eigenvalue weighted by Gasteiger charge is -2.36. The third kappa shape index (κ3) is 8.01. The van der Waals surface area contributed by atoms with Crippen LogP contribution >= 0.6 is 0 Å². The molecule has 2 aliphatic heterocycles. The van der Waals surface area contributed by atoms with Crippen molar-refractivity contribution < 1.29 is 14.3 Å². The molecule has 0 spiro atoms. The molecule has 9 heteroatoms. The summed E-state index contributed by atoms with van der Waals surface area (Å²) in [5.74, 6) is 1.52. The van der Waals surface area contributed by atoms with Crippen molar-refractivity contribution in [1.29, 1.82) is 0 Å². The third-order valence-electron chi connectivity index (χ3n) is 5.61. The van der Waals surface area contributed by atoms with Gasteiger partial charge in [-0.05, 0) is 39.5 Å². The minimum Gasteiger partial charge on any atom is -0.444 e. The lowest BCUT2D eigenvalue weighted by atomic mass is 9.93. The largest absolute Gasteiger partial charge is 0.444 e. The van der Waals surface area contributed by atoms with Crippen LogP contribution in [0.1, 0.15) is 40.0 Å². The van der Waals surface area contributed by atoms with Crippen molar-refractivity contribution >= 4 is 18.0 Å². The molecular formula is C21H40N6O3. The van der Waals surface area contributed by atoms with Crippen LogP contribution in [-0.2, 0) is 9.53 Å². The molecule has 0 saturated carbocycles. The second kappa shape index (κ2) is 11.4. The third-order valence-corrected chi connectivity index (χ3v) is 5.61. The molecule has 0 radical (unpaired) electrons. The number of piperazine rings is 1. The Labute approximate surface area is 181 Å². The van der Waals surface area contributed by atoms with Crippen molar-refractivity contribution in [3.8, 4) is 0 Å². The minimum absolute atomic E-state index is 0.128. The van der Waals surface area contributed by atoms with Crippen LogP contribution in [0.3, 0.4) is 0 Å². The van der Waals surface area contributed by atoms with E-state index >= 15 is 0 Å². The molecule has 0 aromatic heterocycles. The van der Waals surface area contributed by atoms with Crippen LogP contribution in [0.2, 0.25) is 0 Å². The lowest BCUT2D eigenvalue weighted by molar-refractivity contribution is -0.121. The number of carbonyl (C=O) groups is 2. The molecule has 0 bridgehead atoms. The van der Waals surface area contributed by atoms with E-state index in [1.54, 1.807) is 11.9 Å². The van der Waals surface area contributed by atoms with E-state index in [1.807, 2.05) is 27.8 Å². The summed E-state index contributed by atoms with van der Waals surface area (Å²) in [6, 6.07) is 0. The van der Waals surface area contributed by atoms with E-state index in [9.17, 15) is 9.59 Å². The van der Waals surface area contributed by atoms with Crippen molar-refractivity contribution in [2.75, 3.05) is 66.5 Å². The van der Waals surface area contributed by atoms with Crippen molar-refractivity contribution in [3.63, 3.8) is 0 Å². The molecule has 0 atom stereocenters. The van der Waals surface area contributed by atoms with Gasteiger partial charge in [-0.2, -0.15) is 0 Å². The van der Waals surface area contributed by atoms with Gasteiger partial charge in [0.1, 0.15) is 5.60 Å². The first-order valence-electron chi connectivity index (χ1n) is 11.1. The summed E-state index contributed by atoms with van der Waals surface area (Å²) in [6.45, 7) is 12.4. The van der Waals surface area contributed by atoms with Crippen LogP contribution in [0.4, 0.5) is 4.79 Å². The van der Waals surface area contributed by atoms with Gasteiger partial charge in [0, 0.05) is 72.9 Å². The number of carbonyl (C=O) groups excluding carboxylic acids is 2. The van der Waals surface area contributed by atoms with Crippen LogP contribution in [0, 0.1) is 5.92 Å². The molecular weight excluding hydrogens is 384 g/mol. The van der Waals surface area contributed by atoms with E-state index in [1.165, 1.54) is 0 Å². The number of nitrogens with one attached hydrogen (secondary N) is 2. The van der Waals surface area contributed by atoms with E-state index in [0.717, 1.165) is 58.1 Å². The summed E-state index contributed by atoms with van der Waals surface area (Å²) in [5, 5.41) is 6.18. The molecule has 2 amide bonds. The molecule has 0 aromatic carbocycles. The first-order valence-corrected chi connectivity index (χ1v) is 11.1. The van der Waals surface area contributed by atoms with Gasteiger partial charge in [-0.25, -0.2) is 4.79 Å². The Hall–Kier alpha value is -2.03. The Morgan fingerprint density at radius 2 is 1.67 bits per heavy atom. The predicted octanol–water partition coefficient (Wildman–Crippen LogP) is 0.963. The molecule has 2 N–H and O–H groups in total. The summed E-state index contributed by atoms with van der Waals surface area (Å²) < 4.78 is 5.45. The van der Waals surface area contributed by atoms with E-state index in [2.05, 4.69) is 25.4 Å². The zero-order valence-corrected chi connectivity index (χ0v) is 19.4. The van der Waals surface area contributed by atoms with Gasteiger partial charge < -0.3 is 25.2 Å². The minimum atomic E-state index is -0.453. The molecule has 2 saturated heterocycles. The first-order chi connectivity index (χ1) is 14.2. The number of ether oxygens (including phenoxy) is 1. The predicted molar refractivity (Wildman–Crippen MR) is 119 cm³/mol. The van der Waals surface area contributed by atoms with Gasteiger partial charge in [0.2, 0.25) is 5.91 Å². The Balaban J connectivity index is 1.65. The quantitative estimate of drug-likeness (QED) is 0.505. The molecule has 2 aliphatic rings. The normalized spacial score (nSPS) is 19.6. The van der Waals surface area contributed by atoms with E-state index in [4.69, 9.17) is 4.74 Å². The average Bonchev–Trinajstić information content (AvgIpc) is 2.71. The number of hydrogen-bond acceptors (Lipinski definition) is 5. The fourth-order valence-electron chi connectivity index (χ4n) is 3.85. The number of amides is 2. The fraction of sp³-hybridized carbons (Fsp3) is 0.857. The van der Waals surface area contributed by atoms with Gasteiger partial charge in [-0.15, -0.1) is 0 Å². The lowest BCUT2D eigenvalue weighted by Crippen LogP contribution is -2.52. The van der Waals surface area contributed by atoms with Gasteiger partial charge in [0.05, 0.1) is 0 Å². The van der Waals surface area contributed by atoms with Crippen molar-refractivity contribution in [1.82, 2.24) is 25.3 Å². The molecule has 0 aromatic rings. The molecule has 2 rings (SSSR count). The van der Waals surface area contributed by atoms with Crippen LogP contribution in [0.25, 0.3) is 0 Å². The highest BCUT2D eigenvalue weighted by Gasteiger charge is 2.26. The van der Waals surface area contributed by atoms with E-state index in [0.29, 0.717) is 25.4 Å². The van der Waals surface area contributed by atoms with Crippen LogP contribution in [-0.4, -0.2) is 105 Å². The average molecular weight is 425 g/mol. The molecule has 9 nitrogen and oxygen atoms in total. The maximum Gasteiger partial charge on any atom is 0.410 e. The number of likely N-dealkylation sites (tertiary alicyclic amines) is 1. The summed E-state index contributed by atoms with van der Waals surface area (Å²) in [6.07, 6.45) is 2.42. The van der Waals surface area contributed by atoms with Crippen LogP contribution in [0.5, 0.6) is 0 Å². The van der Waals surface area contributed by atoms with Gasteiger partial charge in [-0.1, -0.05) is 0 Å². The number of guanidine groups is 1. The van der Waals surface area contributed by atoms with Crippen LogP contribution < -0.4 is 10.6 Å². The number of rotatable bonds is 5. The molecule has 30 heavy (non-hydrogen) atoms. The van der Waals surface area contributed by atoms with E-state index < -0.39 is 5.60 Å². The van der Waals surface area contributed by atoms with E-state index in [-0.39, 0.29) is 12.0 Å². The SMILES string of the molecule is CN=C(NCCN1CCN(C(=O)OC(C)(C)C)CC1)N1CCC(CC(=O)NC)CC1. The van der Waals surface area contributed by atoms with Crippen molar-refractivity contribution in [2.24, 2.45) is 10.9 Å². The topological polar surface area (TPSA) is 89.5 Å². The maximum atomic E-state index is 12.2. The maximum absolute atomic E-state index is 12.2. The monoisotopic (exact) mass is 424 g/mol. The molecule has 172 valence electrons. The zero-order valence-electron chi connectivity index (χ0n) is 19.4. The highest BCUT2D eigenvalue weighted by atomic mass is 16.6. The second-order valence-electron chi connectivity index (χ2n) is 9.09. The molecule has 2 heterocycles. The molecule has 2 fully saturated rings. The zero-order chi connectivity index (χ0) is 22.1. The summed E-state index contributed by atoms with van der Waals surface area (Å²) in [5.41, 5.74) is -0.453. The highest BCUT2D eigenvalue weighted by molar-refractivity contribution is 5.80. The highest BCUT2D eigenvalue weighted by Crippen LogP contribution is 2.20. The second-order valence-corrected chi connectivity index (χ2v) is 9.09. The number of piperidine rings is 1. The standard InChI is InChI=1S/C21H40N6O3/c1-21(2,3)30-20(29)27-14-12-25(13-15-27)11-8-24-19(23-5)26-9-6-17(7-10-26)16-18(28)22-4/h17H,6-16H2,1-5H3,(H,22,28)(H,23,24). The molecule has 0 unspecified atom stereocenters. The van der Waals surface area contributed by atoms with Gasteiger partial charge in [0.25, 0.3) is 0 Å². The Kier molecular flexibility index (Phi) is 9.20. The summed E-state index contributed by atoms with van der Waals surface area (Å²) in [7, 11) is 3.51. The summed E-state index contributed by atoms with van der Waals surface area (Å²) >= 11 is 0. The molecule has 0 aliphatic carbocycles. The van der Waals surface area contributed by atoms with Crippen LogP contribution in [0.15, 0.2) is 4.99 Å². The Morgan fingerprint density at radius 3 is 2.20 bits per heavy atom. The van der Waals surface area contributed by atoms with Gasteiger partial charge in [-0.3, -0.25) is 14.7 Å².